The van der Waals surface area contributed by atoms with Crippen LogP contribution in [0.25, 0.3) is 0 Å². The Hall–Kier alpha value is -1.92. The molecule has 5 heteroatoms. The van der Waals surface area contributed by atoms with Gasteiger partial charge in [0.25, 0.3) is 0 Å². The second-order valence-electron chi connectivity index (χ2n) is 7.41. The lowest BCUT2D eigenvalue weighted by molar-refractivity contribution is 0.0515. The number of hydrogen-bond acceptors (Lipinski definition) is 5. The van der Waals surface area contributed by atoms with E-state index < -0.39 is 6.10 Å². The Morgan fingerprint density at radius 1 is 1.11 bits per heavy atom. The summed E-state index contributed by atoms with van der Waals surface area (Å²) in [5.41, 5.74) is 2.49. The molecule has 0 saturated carbocycles. The van der Waals surface area contributed by atoms with E-state index in [9.17, 15) is 5.11 Å². The molecule has 1 aliphatic rings. The van der Waals surface area contributed by atoms with Crippen molar-refractivity contribution in [2.45, 2.75) is 31.5 Å². The molecule has 1 heterocycles. The number of ether oxygens (including phenoxy) is 2. The smallest absolute Gasteiger partial charge is 0.119 e. The first-order valence-electron chi connectivity index (χ1n) is 10.1. The number of methoxy groups -OCH3 is 1. The predicted octanol–water partition coefficient (Wildman–Crippen LogP) is 2.48. The molecule has 1 aliphatic heterocycles. The molecule has 0 aliphatic carbocycles. The normalized spacial score (nSPS) is 17.8. The lowest BCUT2D eigenvalue weighted by Crippen LogP contribution is -2.42. The van der Waals surface area contributed by atoms with Crippen molar-refractivity contribution in [1.29, 1.82) is 0 Å². The second-order valence-corrected chi connectivity index (χ2v) is 7.41. The van der Waals surface area contributed by atoms with E-state index in [0.717, 1.165) is 38.2 Å². The third-order valence-electron chi connectivity index (χ3n) is 5.19. The highest BCUT2D eigenvalue weighted by Crippen LogP contribution is 2.16. The van der Waals surface area contributed by atoms with Crippen LogP contribution in [0, 0.1) is 0 Å². The fourth-order valence-corrected chi connectivity index (χ4v) is 3.60. The standard InChI is InChI=1S/C23H32N2O3/c1-27-14-12-19-7-9-23(10-8-19)28-18-22(26)17-25(21-11-13-24-15-21)16-20-5-3-2-4-6-20/h2-10,21-22,24,26H,11-18H2,1H3/t21-,22?/m1/s1. The average molecular weight is 385 g/mol. The molecule has 2 N–H and O–H groups in total. The molecular formula is C23H32N2O3. The van der Waals surface area contributed by atoms with E-state index in [1.807, 2.05) is 30.3 Å². The maximum atomic E-state index is 10.6. The minimum absolute atomic E-state index is 0.295. The van der Waals surface area contributed by atoms with Gasteiger partial charge in [-0.2, -0.15) is 0 Å². The molecule has 28 heavy (non-hydrogen) atoms. The molecule has 0 radical (unpaired) electrons. The second kappa shape index (κ2) is 11.2. The fraction of sp³-hybridized carbons (Fsp3) is 0.478. The Kier molecular flexibility index (Phi) is 8.30. The average Bonchev–Trinajstić information content (AvgIpc) is 3.27. The SMILES string of the molecule is COCCc1ccc(OCC(O)CN(Cc2ccccc2)[C@@H]2CCNC2)cc1. The van der Waals surface area contributed by atoms with Crippen LogP contribution in [0.2, 0.25) is 0 Å². The Balaban J connectivity index is 1.50. The maximum absolute atomic E-state index is 10.6. The molecule has 2 aromatic carbocycles. The summed E-state index contributed by atoms with van der Waals surface area (Å²) < 4.78 is 10.9. The van der Waals surface area contributed by atoms with E-state index in [2.05, 4.69) is 34.5 Å². The molecule has 0 bridgehead atoms. The van der Waals surface area contributed by atoms with E-state index in [1.54, 1.807) is 7.11 Å². The molecule has 1 saturated heterocycles. The molecule has 5 nitrogen and oxygen atoms in total. The Morgan fingerprint density at radius 3 is 2.57 bits per heavy atom. The van der Waals surface area contributed by atoms with Gasteiger partial charge in [0, 0.05) is 32.8 Å². The van der Waals surface area contributed by atoms with Gasteiger partial charge in [-0.1, -0.05) is 42.5 Å². The maximum Gasteiger partial charge on any atom is 0.119 e. The largest absolute Gasteiger partial charge is 0.491 e. The molecule has 2 aromatic rings. The zero-order chi connectivity index (χ0) is 19.6. The summed E-state index contributed by atoms with van der Waals surface area (Å²) in [5, 5.41) is 14.0. The third kappa shape index (κ3) is 6.60. The molecule has 152 valence electrons. The highest BCUT2D eigenvalue weighted by Gasteiger charge is 2.24. The summed E-state index contributed by atoms with van der Waals surface area (Å²) in [6, 6.07) is 18.9. The van der Waals surface area contributed by atoms with Crippen LogP contribution >= 0.6 is 0 Å². The van der Waals surface area contributed by atoms with Gasteiger partial charge < -0.3 is 19.9 Å². The van der Waals surface area contributed by atoms with Gasteiger partial charge in [-0.05, 0) is 42.6 Å². The summed E-state index contributed by atoms with van der Waals surface area (Å²) >= 11 is 0. The summed E-state index contributed by atoms with van der Waals surface area (Å²) in [7, 11) is 1.71. The Labute approximate surface area is 168 Å². The molecule has 0 aromatic heterocycles. The molecule has 2 atom stereocenters. The van der Waals surface area contributed by atoms with Gasteiger partial charge in [0.15, 0.2) is 0 Å². The first kappa shape index (κ1) is 20.8. The summed E-state index contributed by atoms with van der Waals surface area (Å²) in [4.78, 5) is 2.37. The van der Waals surface area contributed by atoms with Crippen LogP contribution in [0.3, 0.4) is 0 Å². The minimum atomic E-state index is -0.530. The van der Waals surface area contributed by atoms with Crippen LogP contribution in [-0.2, 0) is 17.7 Å². The number of aliphatic hydroxyl groups excluding tert-OH is 1. The van der Waals surface area contributed by atoms with Gasteiger partial charge in [-0.3, -0.25) is 4.90 Å². The van der Waals surface area contributed by atoms with Gasteiger partial charge >= 0.3 is 0 Å². The van der Waals surface area contributed by atoms with Gasteiger partial charge in [0.1, 0.15) is 18.5 Å². The van der Waals surface area contributed by atoms with Gasteiger partial charge in [-0.25, -0.2) is 0 Å². The number of nitrogens with one attached hydrogen (secondary N) is 1. The van der Waals surface area contributed by atoms with Crippen molar-refractivity contribution in [1.82, 2.24) is 10.2 Å². The molecule has 0 amide bonds. The lowest BCUT2D eigenvalue weighted by Gasteiger charge is -2.30. The van der Waals surface area contributed by atoms with Gasteiger partial charge in [0.2, 0.25) is 0 Å². The summed E-state index contributed by atoms with van der Waals surface area (Å²) in [6.45, 7) is 4.47. The highest BCUT2D eigenvalue weighted by molar-refractivity contribution is 5.27. The van der Waals surface area contributed by atoms with Crippen LogP contribution < -0.4 is 10.1 Å². The zero-order valence-electron chi connectivity index (χ0n) is 16.7. The third-order valence-corrected chi connectivity index (χ3v) is 5.19. The number of hydrogen-bond donors (Lipinski definition) is 2. The Bertz CT molecular complexity index is 672. The van der Waals surface area contributed by atoms with Crippen LogP contribution in [0.4, 0.5) is 0 Å². The van der Waals surface area contributed by atoms with Gasteiger partial charge in [-0.15, -0.1) is 0 Å². The van der Waals surface area contributed by atoms with E-state index in [0.29, 0.717) is 25.8 Å². The first-order valence-corrected chi connectivity index (χ1v) is 10.1. The van der Waals surface area contributed by atoms with Crippen molar-refractivity contribution < 1.29 is 14.6 Å². The van der Waals surface area contributed by atoms with Crippen LogP contribution in [-0.4, -0.2) is 62.1 Å². The van der Waals surface area contributed by atoms with E-state index in [1.165, 1.54) is 11.1 Å². The number of benzene rings is 2. The van der Waals surface area contributed by atoms with Crippen molar-refractivity contribution in [2.24, 2.45) is 0 Å². The highest BCUT2D eigenvalue weighted by atomic mass is 16.5. The van der Waals surface area contributed by atoms with E-state index in [4.69, 9.17) is 9.47 Å². The van der Waals surface area contributed by atoms with Gasteiger partial charge in [0.05, 0.1) is 6.61 Å². The molecule has 1 unspecified atom stereocenters. The number of rotatable bonds is 11. The quantitative estimate of drug-likeness (QED) is 0.623. The summed E-state index contributed by atoms with van der Waals surface area (Å²) in [6.07, 6.45) is 1.48. The summed E-state index contributed by atoms with van der Waals surface area (Å²) in [5.74, 6) is 0.789. The molecule has 3 rings (SSSR count). The van der Waals surface area contributed by atoms with Crippen molar-refractivity contribution in [3.63, 3.8) is 0 Å². The van der Waals surface area contributed by atoms with Crippen molar-refractivity contribution in [3.8, 4) is 5.75 Å². The molecule has 1 fully saturated rings. The topological polar surface area (TPSA) is 54.0 Å². The van der Waals surface area contributed by atoms with Crippen molar-refractivity contribution in [3.05, 3.63) is 65.7 Å². The predicted molar refractivity (Wildman–Crippen MR) is 112 cm³/mol. The van der Waals surface area contributed by atoms with Crippen LogP contribution in [0.15, 0.2) is 54.6 Å². The lowest BCUT2D eigenvalue weighted by atomic mass is 10.1. The zero-order valence-corrected chi connectivity index (χ0v) is 16.7. The number of nitrogens with zero attached hydrogens (tertiary/aromatic N) is 1. The monoisotopic (exact) mass is 384 g/mol. The minimum Gasteiger partial charge on any atom is -0.491 e. The van der Waals surface area contributed by atoms with E-state index in [-0.39, 0.29) is 0 Å². The van der Waals surface area contributed by atoms with Crippen molar-refractivity contribution in [2.75, 3.05) is 40.0 Å². The Morgan fingerprint density at radius 2 is 1.89 bits per heavy atom. The van der Waals surface area contributed by atoms with E-state index >= 15 is 0 Å². The number of aliphatic hydroxyl groups is 1. The van der Waals surface area contributed by atoms with Crippen molar-refractivity contribution >= 4 is 0 Å². The molecular weight excluding hydrogens is 352 g/mol. The van der Waals surface area contributed by atoms with Crippen LogP contribution in [0.5, 0.6) is 5.75 Å². The first-order chi connectivity index (χ1) is 13.7. The van der Waals surface area contributed by atoms with Crippen LogP contribution in [0.1, 0.15) is 17.5 Å². The molecule has 0 spiro atoms. The fourth-order valence-electron chi connectivity index (χ4n) is 3.60.